The molecule has 0 spiro atoms. The topological polar surface area (TPSA) is 69.0 Å². The summed E-state index contributed by atoms with van der Waals surface area (Å²) < 4.78 is 6.83. The van der Waals surface area contributed by atoms with Gasteiger partial charge in [0.1, 0.15) is 5.75 Å². The molecule has 0 aliphatic carbocycles. The number of rotatable bonds is 6. The van der Waals surface area contributed by atoms with Gasteiger partial charge in [0.15, 0.2) is 5.69 Å². The van der Waals surface area contributed by atoms with E-state index in [1.54, 1.807) is 11.8 Å². The predicted molar refractivity (Wildman–Crippen MR) is 79.9 cm³/mol. The van der Waals surface area contributed by atoms with Crippen LogP contribution in [0.25, 0.3) is 5.69 Å². The number of hydrogen-bond acceptors (Lipinski definition) is 4. The van der Waals surface area contributed by atoms with Gasteiger partial charge in [0.05, 0.1) is 18.5 Å². The average Bonchev–Trinajstić information content (AvgIpc) is 2.89. The second kappa shape index (κ2) is 6.88. The quantitative estimate of drug-likeness (QED) is 0.827. The van der Waals surface area contributed by atoms with Gasteiger partial charge in [0, 0.05) is 12.6 Å². The molecule has 1 aromatic heterocycles. The molecule has 1 heterocycles. The molecular weight excluding hydrogens is 268 g/mol. The van der Waals surface area contributed by atoms with Crippen molar-refractivity contribution in [3.8, 4) is 11.4 Å². The van der Waals surface area contributed by atoms with Gasteiger partial charge in [-0.25, -0.2) is 4.68 Å². The summed E-state index contributed by atoms with van der Waals surface area (Å²) in [7, 11) is 1.61. The maximum atomic E-state index is 12.1. The Morgan fingerprint density at radius 1 is 1.43 bits per heavy atom. The minimum Gasteiger partial charge on any atom is -0.497 e. The third kappa shape index (κ3) is 3.39. The molecule has 2 aromatic rings. The summed E-state index contributed by atoms with van der Waals surface area (Å²) in [5.41, 5.74) is 1.87. The smallest absolute Gasteiger partial charge is 0.273 e. The number of amides is 1. The number of unbranched alkanes of at least 4 members (excludes halogenated alkanes) is 1. The van der Waals surface area contributed by atoms with Crippen LogP contribution in [0.5, 0.6) is 5.75 Å². The van der Waals surface area contributed by atoms with Crippen LogP contribution in [0.2, 0.25) is 0 Å². The molecular formula is C15H20N4O2. The Balaban J connectivity index is 2.21. The lowest BCUT2D eigenvalue weighted by Crippen LogP contribution is -2.25. The number of ether oxygens (including phenoxy) is 1. The maximum Gasteiger partial charge on any atom is 0.273 e. The van der Waals surface area contributed by atoms with E-state index in [1.165, 1.54) is 0 Å². The van der Waals surface area contributed by atoms with Crippen LogP contribution < -0.4 is 10.1 Å². The van der Waals surface area contributed by atoms with Crippen LogP contribution in [0, 0.1) is 6.92 Å². The summed E-state index contributed by atoms with van der Waals surface area (Å²) in [6.45, 7) is 4.56. The summed E-state index contributed by atoms with van der Waals surface area (Å²) in [6.07, 6.45) is 1.99. The van der Waals surface area contributed by atoms with Crippen LogP contribution in [0.4, 0.5) is 0 Å². The number of methoxy groups -OCH3 is 1. The van der Waals surface area contributed by atoms with Gasteiger partial charge in [-0.1, -0.05) is 24.6 Å². The SMILES string of the molecule is CCCCNC(=O)c1nnn(-c2cccc(OC)c2)c1C. The first-order chi connectivity index (χ1) is 10.2. The largest absolute Gasteiger partial charge is 0.497 e. The Bertz CT molecular complexity index is 622. The number of carbonyl (C=O) groups excluding carboxylic acids is 1. The van der Waals surface area contributed by atoms with Gasteiger partial charge in [-0.05, 0) is 25.5 Å². The molecule has 0 radical (unpaired) electrons. The molecule has 0 aliphatic rings. The highest BCUT2D eigenvalue weighted by atomic mass is 16.5. The van der Waals surface area contributed by atoms with Crippen molar-refractivity contribution in [3.05, 3.63) is 35.7 Å². The summed E-state index contributed by atoms with van der Waals surface area (Å²) in [5, 5.41) is 10.9. The van der Waals surface area contributed by atoms with Crippen LogP contribution in [0.1, 0.15) is 35.9 Å². The number of benzene rings is 1. The molecule has 0 fully saturated rings. The van der Waals surface area contributed by atoms with Crippen molar-refractivity contribution >= 4 is 5.91 Å². The zero-order valence-electron chi connectivity index (χ0n) is 12.6. The molecule has 2 rings (SSSR count). The Hall–Kier alpha value is -2.37. The normalized spacial score (nSPS) is 10.4. The number of nitrogens with zero attached hydrogens (tertiary/aromatic N) is 3. The van der Waals surface area contributed by atoms with Gasteiger partial charge in [-0.3, -0.25) is 4.79 Å². The van der Waals surface area contributed by atoms with Gasteiger partial charge in [0.25, 0.3) is 5.91 Å². The highest BCUT2D eigenvalue weighted by Gasteiger charge is 2.16. The fourth-order valence-corrected chi connectivity index (χ4v) is 1.99. The first-order valence-corrected chi connectivity index (χ1v) is 7.02. The standard InChI is InChI=1S/C15H20N4O2/c1-4-5-9-16-15(20)14-11(2)19(18-17-14)12-7-6-8-13(10-12)21-3/h6-8,10H,4-5,9H2,1-3H3,(H,16,20). The zero-order chi connectivity index (χ0) is 15.2. The lowest BCUT2D eigenvalue weighted by Gasteiger charge is -2.06. The molecule has 0 bridgehead atoms. The molecule has 1 aromatic carbocycles. The van der Waals surface area contributed by atoms with Gasteiger partial charge in [-0.15, -0.1) is 5.10 Å². The second-order valence-corrected chi connectivity index (χ2v) is 4.75. The second-order valence-electron chi connectivity index (χ2n) is 4.75. The first-order valence-electron chi connectivity index (χ1n) is 7.02. The minimum atomic E-state index is -0.185. The molecule has 6 nitrogen and oxygen atoms in total. The summed E-state index contributed by atoms with van der Waals surface area (Å²) >= 11 is 0. The average molecular weight is 288 g/mol. The molecule has 0 unspecified atom stereocenters. The van der Waals surface area contributed by atoms with Crippen molar-refractivity contribution < 1.29 is 9.53 Å². The monoisotopic (exact) mass is 288 g/mol. The van der Waals surface area contributed by atoms with E-state index in [2.05, 4.69) is 22.6 Å². The molecule has 21 heavy (non-hydrogen) atoms. The van der Waals surface area contributed by atoms with E-state index >= 15 is 0 Å². The van der Waals surface area contributed by atoms with Crippen molar-refractivity contribution in [1.29, 1.82) is 0 Å². The number of hydrogen-bond donors (Lipinski definition) is 1. The fourth-order valence-electron chi connectivity index (χ4n) is 1.99. The molecule has 0 saturated carbocycles. The number of nitrogens with one attached hydrogen (secondary N) is 1. The predicted octanol–water partition coefficient (Wildman–Crippen LogP) is 2.11. The third-order valence-electron chi connectivity index (χ3n) is 3.22. The van der Waals surface area contributed by atoms with E-state index in [-0.39, 0.29) is 5.91 Å². The first kappa shape index (κ1) is 15.0. The van der Waals surface area contributed by atoms with Crippen LogP contribution >= 0.6 is 0 Å². The number of aromatic nitrogens is 3. The Kier molecular flexibility index (Phi) is 4.92. The molecule has 1 N–H and O–H groups in total. The van der Waals surface area contributed by atoms with Crippen LogP contribution in [0.3, 0.4) is 0 Å². The van der Waals surface area contributed by atoms with Gasteiger partial charge < -0.3 is 10.1 Å². The summed E-state index contributed by atoms with van der Waals surface area (Å²) in [5.74, 6) is 0.548. The molecule has 6 heteroatoms. The van der Waals surface area contributed by atoms with Gasteiger partial charge >= 0.3 is 0 Å². The Morgan fingerprint density at radius 2 is 2.24 bits per heavy atom. The summed E-state index contributed by atoms with van der Waals surface area (Å²) in [6, 6.07) is 7.47. The minimum absolute atomic E-state index is 0.185. The number of carbonyl (C=O) groups is 1. The van der Waals surface area contributed by atoms with E-state index in [0.29, 0.717) is 17.9 Å². The van der Waals surface area contributed by atoms with Gasteiger partial charge in [-0.2, -0.15) is 0 Å². The van der Waals surface area contributed by atoms with E-state index < -0.39 is 0 Å². The highest BCUT2D eigenvalue weighted by Crippen LogP contribution is 2.18. The van der Waals surface area contributed by atoms with Crippen LogP contribution in [-0.2, 0) is 0 Å². The van der Waals surface area contributed by atoms with E-state index in [9.17, 15) is 4.79 Å². The van der Waals surface area contributed by atoms with E-state index in [0.717, 1.165) is 24.3 Å². The van der Waals surface area contributed by atoms with Crippen LogP contribution in [-0.4, -0.2) is 34.6 Å². The molecule has 1 amide bonds. The lowest BCUT2D eigenvalue weighted by atomic mass is 10.2. The van der Waals surface area contributed by atoms with Crippen molar-refractivity contribution in [2.24, 2.45) is 0 Å². The van der Waals surface area contributed by atoms with Crippen molar-refractivity contribution in [1.82, 2.24) is 20.3 Å². The molecule has 0 atom stereocenters. The fraction of sp³-hybridized carbons (Fsp3) is 0.400. The van der Waals surface area contributed by atoms with E-state index in [4.69, 9.17) is 4.74 Å². The summed E-state index contributed by atoms with van der Waals surface area (Å²) in [4.78, 5) is 12.1. The van der Waals surface area contributed by atoms with Crippen molar-refractivity contribution in [2.45, 2.75) is 26.7 Å². The van der Waals surface area contributed by atoms with Crippen molar-refractivity contribution in [2.75, 3.05) is 13.7 Å². The van der Waals surface area contributed by atoms with E-state index in [1.807, 2.05) is 31.2 Å². The van der Waals surface area contributed by atoms with Crippen LogP contribution in [0.15, 0.2) is 24.3 Å². The highest BCUT2D eigenvalue weighted by molar-refractivity contribution is 5.93. The lowest BCUT2D eigenvalue weighted by molar-refractivity contribution is 0.0947. The zero-order valence-corrected chi connectivity index (χ0v) is 12.6. The van der Waals surface area contributed by atoms with Gasteiger partial charge in [0.2, 0.25) is 0 Å². The third-order valence-corrected chi connectivity index (χ3v) is 3.22. The Morgan fingerprint density at radius 3 is 2.95 bits per heavy atom. The maximum absolute atomic E-state index is 12.1. The molecule has 0 aliphatic heterocycles. The Labute approximate surface area is 124 Å². The molecule has 0 saturated heterocycles. The van der Waals surface area contributed by atoms with Crippen molar-refractivity contribution in [3.63, 3.8) is 0 Å². The molecule has 112 valence electrons.